The lowest BCUT2D eigenvalue weighted by molar-refractivity contribution is 0.413. The van der Waals surface area contributed by atoms with Crippen LogP contribution in [0.5, 0.6) is 5.75 Å². The van der Waals surface area contributed by atoms with Crippen LogP contribution in [-0.2, 0) is 5.41 Å². The highest BCUT2D eigenvalue weighted by Crippen LogP contribution is 2.35. The molecule has 0 spiro atoms. The maximum Gasteiger partial charge on any atom is 0.138 e. The van der Waals surface area contributed by atoms with Crippen LogP contribution in [0.4, 0.5) is 0 Å². The molecule has 0 unspecified atom stereocenters. The van der Waals surface area contributed by atoms with Crippen LogP contribution >= 0.6 is 0 Å². The fourth-order valence-corrected chi connectivity index (χ4v) is 1.91. The second-order valence-corrected chi connectivity index (χ2v) is 5.22. The molecule has 0 N–H and O–H groups in total. The van der Waals surface area contributed by atoms with E-state index in [0.717, 1.165) is 22.3 Å². The van der Waals surface area contributed by atoms with Crippen LogP contribution in [0.25, 0.3) is 11.0 Å². The number of aryl methyl sites for hydroxylation is 1. The Bertz CT molecular complexity index is 515. The number of fused-ring (bicyclic) bond motifs is 1. The standard InChI is InChI=1S/C14H18O2/c1-9-8-16-13-11(9)6-10(15-5)7-12(13)14(2,3)4/h6-8H,1-5H3. The first-order valence-electron chi connectivity index (χ1n) is 5.50. The van der Waals surface area contributed by atoms with Crippen LogP contribution in [0.2, 0.25) is 0 Å². The third-order valence-electron chi connectivity index (χ3n) is 2.88. The van der Waals surface area contributed by atoms with Gasteiger partial charge >= 0.3 is 0 Å². The third kappa shape index (κ3) is 1.69. The molecule has 1 heterocycles. The number of rotatable bonds is 1. The molecule has 86 valence electrons. The summed E-state index contributed by atoms with van der Waals surface area (Å²) in [6.45, 7) is 8.59. The second-order valence-electron chi connectivity index (χ2n) is 5.22. The Morgan fingerprint density at radius 2 is 1.88 bits per heavy atom. The summed E-state index contributed by atoms with van der Waals surface area (Å²) in [7, 11) is 1.70. The van der Waals surface area contributed by atoms with Crippen molar-refractivity contribution in [2.45, 2.75) is 33.1 Å². The van der Waals surface area contributed by atoms with Crippen LogP contribution in [0.1, 0.15) is 31.9 Å². The molecule has 16 heavy (non-hydrogen) atoms. The molecule has 1 aromatic carbocycles. The van der Waals surface area contributed by atoms with Gasteiger partial charge in [-0.15, -0.1) is 0 Å². The molecule has 0 aliphatic heterocycles. The topological polar surface area (TPSA) is 22.4 Å². The van der Waals surface area contributed by atoms with Gasteiger partial charge in [0, 0.05) is 10.9 Å². The SMILES string of the molecule is COc1cc(C(C)(C)C)c2occ(C)c2c1. The Hall–Kier alpha value is -1.44. The third-order valence-corrected chi connectivity index (χ3v) is 2.88. The minimum Gasteiger partial charge on any atom is -0.497 e. The quantitative estimate of drug-likeness (QED) is 0.720. The molecule has 0 radical (unpaired) electrons. The summed E-state index contributed by atoms with van der Waals surface area (Å²) >= 11 is 0. The van der Waals surface area contributed by atoms with Crippen molar-refractivity contribution in [3.05, 3.63) is 29.5 Å². The molecule has 2 heteroatoms. The average Bonchev–Trinajstić information content (AvgIpc) is 2.58. The van der Waals surface area contributed by atoms with Crippen LogP contribution in [0, 0.1) is 6.92 Å². The van der Waals surface area contributed by atoms with Gasteiger partial charge in [0.1, 0.15) is 11.3 Å². The zero-order valence-corrected chi connectivity index (χ0v) is 10.5. The predicted octanol–water partition coefficient (Wildman–Crippen LogP) is 4.05. The van der Waals surface area contributed by atoms with Crippen LogP contribution in [0.15, 0.2) is 22.8 Å². The fraction of sp³-hybridized carbons (Fsp3) is 0.429. The second kappa shape index (κ2) is 3.55. The largest absolute Gasteiger partial charge is 0.497 e. The minimum absolute atomic E-state index is 0.0527. The molecule has 0 atom stereocenters. The van der Waals surface area contributed by atoms with E-state index in [1.54, 1.807) is 13.4 Å². The van der Waals surface area contributed by atoms with Crippen molar-refractivity contribution in [1.29, 1.82) is 0 Å². The molecule has 0 aliphatic rings. The highest BCUT2D eigenvalue weighted by atomic mass is 16.5. The van der Waals surface area contributed by atoms with E-state index < -0.39 is 0 Å². The lowest BCUT2D eigenvalue weighted by Crippen LogP contribution is -2.11. The number of ether oxygens (including phenoxy) is 1. The summed E-state index contributed by atoms with van der Waals surface area (Å²) in [6.07, 6.45) is 1.80. The molecule has 0 fully saturated rings. The van der Waals surface area contributed by atoms with Gasteiger partial charge in [-0.05, 0) is 30.0 Å². The lowest BCUT2D eigenvalue weighted by atomic mass is 9.85. The average molecular weight is 218 g/mol. The first-order valence-corrected chi connectivity index (χ1v) is 5.50. The van der Waals surface area contributed by atoms with Crippen molar-refractivity contribution in [3.63, 3.8) is 0 Å². The first-order chi connectivity index (χ1) is 7.43. The number of hydrogen-bond acceptors (Lipinski definition) is 2. The highest BCUT2D eigenvalue weighted by Gasteiger charge is 2.21. The number of hydrogen-bond donors (Lipinski definition) is 0. The molecule has 0 saturated carbocycles. The van der Waals surface area contributed by atoms with Gasteiger partial charge in [-0.1, -0.05) is 20.8 Å². The molecule has 0 aliphatic carbocycles. The summed E-state index contributed by atoms with van der Waals surface area (Å²) in [5.41, 5.74) is 3.37. The summed E-state index contributed by atoms with van der Waals surface area (Å²) in [4.78, 5) is 0. The first kappa shape index (κ1) is 11.1. The van der Waals surface area contributed by atoms with Gasteiger partial charge in [0.05, 0.1) is 13.4 Å². The fourth-order valence-electron chi connectivity index (χ4n) is 1.91. The van der Waals surface area contributed by atoms with E-state index in [1.165, 1.54) is 5.56 Å². The molecular formula is C14H18O2. The highest BCUT2D eigenvalue weighted by molar-refractivity contribution is 5.86. The molecule has 0 amide bonds. The van der Waals surface area contributed by atoms with Gasteiger partial charge in [0.2, 0.25) is 0 Å². The molecule has 0 bridgehead atoms. The summed E-state index contributed by atoms with van der Waals surface area (Å²) < 4.78 is 11.0. The van der Waals surface area contributed by atoms with E-state index >= 15 is 0 Å². The van der Waals surface area contributed by atoms with Crippen molar-refractivity contribution in [1.82, 2.24) is 0 Å². The van der Waals surface area contributed by atoms with Crippen molar-refractivity contribution in [2.24, 2.45) is 0 Å². The lowest BCUT2D eigenvalue weighted by Gasteiger charge is -2.20. The van der Waals surface area contributed by atoms with E-state index in [2.05, 4.69) is 33.8 Å². The zero-order chi connectivity index (χ0) is 11.9. The molecule has 1 aromatic heterocycles. The van der Waals surface area contributed by atoms with E-state index in [9.17, 15) is 0 Å². The van der Waals surface area contributed by atoms with Crippen molar-refractivity contribution >= 4 is 11.0 Å². The number of furan rings is 1. The van der Waals surface area contributed by atoms with Gasteiger partial charge in [-0.25, -0.2) is 0 Å². The Morgan fingerprint density at radius 3 is 2.44 bits per heavy atom. The minimum atomic E-state index is 0.0527. The Labute approximate surface area is 96.2 Å². The van der Waals surface area contributed by atoms with Gasteiger partial charge in [0.25, 0.3) is 0 Å². The van der Waals surface area contributed by atoms with E-state index in [4.69, 9.17) is 9.15 Å². The van der Waals surface area contributed by atoms with Crippen LogP contribution in [-0.4, -0.2) is 7.11 Å². The monoisotopic (exact) mass is 218 g/mol. The number of benzene rings is 1. The Morgan fingerprint density at radius 1 is 1.19 bits per heavy atom. The van der Waals surface area contributed by atoms with Crippen LogP contribution < -0.4 is 4.74 Å². The van der Waals surface area contributed by atoms with E-state index in [0.29, 0.717) is 0 Å². The van der Waals surface area contributed by atoms with Crippen molar-refractivity contribution in [2.75, 3.05) is 7.11 Å². The molecule has 0 saturated heterocycles. The van der Waals surface area contributed by atoms with Crippen molar-refractivity contribution < 1.29 is 9.15 Å². The summed E-state index contributed by atoms with van der Waals surface area (Å²) in [5, 5.41) is 1.14. The van der Waals surface area contributed by atoms with Gasteiger partial charge in [0.15, 0.2) is 0 Å². The van der Waals surface area contributed by atoms with E-state index in [1.807, 2.05) is 6.07 Å². The van der Waals surface area contributed by atoms with Gasteiger partial charge in [-0.2, -0.15) is 0 Å². The zero-order valence-electron chi connectivity index (χ0n) is 10.5. The smallest absolute Gasteiger partial charge is 0.138 e. The molecule has 2 aromatic rings. The number of methoxy groups -OCH3 is 1. The predicted molar refractivity (Wildman–Crippen MR) is 66.2 cm³/mol. The Balaban J connectivity index is 2.80. The van der Waals surface area contributed by atoms with Gasteiger partial charge < -0.3 is 9.15 Å². The normalized spacial score (nSPS) is 12.1. The maximum atomic E-state index is 5.65. The van der Waals surface area contributed by atoms with Gasteiger partial charge in [-0.3, -0.25) is 0 Å². The molecule has 2 nitrogen and oxygen atoms in total. The molecular weight excluding hydrogens is 200 g/mol. The summed E-state index contributed by atoms with van der Waals surface area (Å²) in [6, 6.07) is 4.09. The Kier molecular flexibility index (Phi) is 2.45. The molecule has 2 rings (SSSR count). The summed E-state index contributed by atoms with van der Waals surface area (Å²) in [5.74, 6) is 0.891. The van der Waals surface area contributed by atoms with Crippen LogP contribution in [0.3, 0.4) is 0 Å². The van der Waals surface area contributed by atoms with Crippen molar-refractivity contribution in [3.8, 4) is 5.75 Å². The maximum absolute atomic E-state index is 5.65. The van der Waals surface area contributed by atoms with E-state index in [-0.39, 0.29) is 5.41 Å².